The minimum Gasteiger partial charge on any atom is -0.289 e. The molecule has 0 fully saturated rings. The SMILES string of the molecule is O=c1c(Br)c(-c2ccccc2)[nH]n1-c1ccccc1. The Morgan fingerprint density at radius 3 is 2.11 bits per heavy atom. The van der Waals surface area contributed by atoms with Gasteiger partial charge in [-0.15, -0.1) is 0 Å². The normalized spacial score (nSPS) is 10.6. The summed E-state index contributed by atoms with van der Waals surface area (Å²) in [5.74, 6) is 0. The second-order valence-electron chi connectivity index (χ2n) is 4.14. The van der Waals surface area contributed by atoms with Crippen LogP contribution in [0.2, 0.25) is 0 Å². The standard InChI is InChI=1S/C15H11BrN2O/c16-13-14(11-7-3-1-4-8-11)17-18(15(13)19)12-9-5-2-6-10-12/h1-10,17H. The van der Waals surface area contributed by atoms with Gasteiger partial charge in [0.25, 0.3) is 5.56 Å². The monoisotopic (exact) mass is 314 g/mol. The number of aromatic nitrogens is 2. The lowest BCUT2D eigenvalue weighted by atomic mass is 10.2. The van der Waals surface area contributed by atoms with E-state index in [4.69, 9.17) is 0 Å². The molecule has 0 spiro atoms. The Morgan fingerprint density at radius 1 is 0.895 bits per heavy atom. The van der Waals surface area contributed by atoms with Gasteiger partial charge in [0.05, 0.1) is 11.4 Å². The van der Waals surface area contributed by atoms with Crippen molar-refractivity contribution in [2.75, 3.05) is 0 Å². The summed E-state index contributed by atoms with van der Waals surface area (Å²) in [6, 6.07) is 19.3. The van der Waals surface area contributed by atoms with Crippen molar-refractivity contribution in [1.29, 1.82) is 0 Å². The van der Waals surface area contributed by atoms with Crippen molar-refractivity contribution in [3.05, 3.63) is 75.5 Å². The Balaban J connectivity index is 2.19. The third kappa shape index (κ3) is 2.15. The molecule has 0 amide bonds. The van der Waals surface area contributed by atoms with Crippen molar-refractivity contribution in [2.24, 2.45) is 0 Å². The molecule has 1 aromatic heterocycles. The van der Waals surface area contributed by atoms with Gasteiger partial charge < -0.3 is 0 Å². The van der Waals surface area contributed by atoms with Crippen LogP contribution in [0.25, 0.3) is 16.9 Å². The number of H-pyrrole nitrogens is 1. The predicted octanol–water partition coefficient (Wildman–Crippen LogP) is 3.60. The van der Waals surface area contributed by atoms with Crippen LogP contribution in [0.3, 0.4) is 0 Å². The van der Waals surface area contributed by atoms with Gasteiger partial charge in [-0.05, 0) is 28.1 Å². The highest BCUT2D eigenvalue weighted by atomic mass is 79.9. The third-order valence-corrected chi connectivity index (χ3v) is 3.65. The number of para-hydroxylation sites is 1. The van der Waals surface area contributed by atoms with E-state index < -0.39 is 0 Å². The Bertz CT molecular complexity index is 745. The molecule has 0 atom stereocenters. The number of rotatable bonds is 2. The zero-order valence-electron chi connectivity index (χ0n) is 10.0. The van der Waals surface area contributed by atoms with E-state index in [0.717, 1.165) is 16.9 Å². The molecule has 0 bridgehead atoms. The molecule has 0 aliphatic rings. The van der Waals surface area contributed by atoms with Gasteiger partial charge >= 0.3 is 0 Å². The Hall–Kier alpha value is -2.07. The second-order valence-corrected chi connectivity index (χ2v) is 4.94. The number of nitrogens with one attached hydrogen (secondary N) is 1. The average molecular weight is 315 g/mol. The predicted molar refractivity (Wildman–Crippen MR) is 79.5 cm³/mol. The summed E-state index contributed by atoms with van der Waals surface area (Å²) in [5, 5.41) is 3.14. The smallest absolute Gasteiger partial charge is 0.286 e. The first kappa shape index (κ1) is 12.0. The van der Waals surface area contributed by atoms with Gasteiger partial charge in [0, 0.05) is 5.56 Å². The molecule has 0 saturated heterocycles. The lowest BCUT2D eigenvalue weighted by Gasteiger charge is -2.01. The van der Waals surface area contributed by atoms with E-state index in [1.165, 1.54) is 4.68 Å². The van der Waals surface area contributed by atoms with Gasteiger partial charge in [-0.25, -0.2) is 4.68 Å². The summed E-state index contributed by atoms with van der Waals surface area (Å²) >= 11 is 3.37. The quantitative estimate of drug-likeness (QED) is 0.771. The van der Waals surface area contributed by atoms with Gasteiger partial charge in [-0.2, -0.15) is 0 Å². The Kier molecular flexibility index (Phi) is 3.09. The van der Waals surface area contributed by atoms with Crippen molar-refractivity contribution in [1.82, 2.24) is 9.78 Å². The van der Waals surface area contributed by atoms with Crippen LogP contribution in [0, 0.1) is 0 Å². The highest BCUT2D eigenvalue weighted by Crippen LogP contribution is 2.24. The Morgan fingerprint density at radius 2 is 1.47 bits per heavy atom. The number of benzene rings is 2. The van der Waals surface area contributed by atoms with Crippen LogP contribution in [0.5, 0.6) is 0 Å². The molecule has 0 saturated carbocycles. The van der Waals surface area contributed by atoms with Crippen LogP contribution >= 0.6 is 15.9 Å². The summed E-state index contributed by atoms with van der Waals surface area (Å²) in [7, 11) is 0. The van der Waals surface area contributed by atoms with Crippen molar-refractivity contribution in [3.8, 4) is 16.9 Å². The van der Waals surface area contributed by atoms with Gasteiger partial charge in [0.15, 0.2) is 0 Å². The molecule has 3 rings (SSSR count). The molecule has 2 aromatic carbocycles. The van der Waals surface area contributed by atoms with Crippen molar-refractivity contribution < 1.29 is 0 Å². The first-order valence-corrected chi connectivity index (χ1v) is 6.68. The molecule has 19 heavy (non-hydrogen) atoms. The minimum absolute atomic E-state index is 0.0925. The molecule has 0 aliphatic carbocycles. The molecule has 3 nitrogen and oxygen atoms in total. The van der Waals surface area contributed by atoms with Gasteiger partial charge in [-0.3, -0.25) is 9.89 Å². The number of nitrogens with zero attached hydrogens (tertiary/aromatic N) is 1. The molecule has 4 heteroatoms. The van der Waals surface area contributed by atoms with Crippen molar-refractivity contribution in [3.63, 3.8) is 0 Å². The average Bonchev–Trinajstić information content (AvgIpc) is 2.77. The van der Waals surface area contributed by atoms with E-state index in [9.17, 15) is 4.79 Å². The molecular weight excluding hydrogens is 304 g/mol. The molecule has 1 N–H and O–H groups in total. The molecule has 0 radical (unpaired) electrons. The van der Waals surface area contributed by atoms with Crippen LogP contribution < -0.4 is 5.56 Å². The summed E-state index contributed by atoms with van der Waals surface area (Å²) in [6.45, 7) is 0. The van der Waals surface area contributed by atoms with Crippen LogP contribution in [0.15, 0.2) is 69.9 Å². The van der Waals surface area contributed by atoms with Gasteiger partial charge in [0.2, 0.25) is 0 Å². The van der Waals surface area contributed by atoms with E-state index in [-0.39, 0.29) is 5.56 Å². The van der Waals surface area contributed by atoms with E-state index >= 15 is 0 Å². The van der Waals surface area contributed by atoms with Crippen LogP contribution in [0.1, 0.15) is 0 Å². The van der Waals surface area contributed by atoms with Crippen LogP contribution in [0.4, 0.5) is 0 Å². The number of aromatic amines is 1. The topological polar surface area (TPSA) is 37.8 Å². The maximum absolute atomic E-state index is 12.2. The zero-order valence-corrected chi connectivity index (χ0v) is 11.6. The van der Waals surface area contributed by atoms with E-state index in [2.05, 4.69) is 21.0 Å². The van der Waals surface area contributed by atoms with E-state index in [1.54, 1.807) is 0 Å². The fourth-order valence-corrected chi connectivity index (χ4v) is 2.47. The maximum atomic E-state index is 12.2. The number of hydrogen-bond donors (Lipinski definition) is 1. The van der Waals surface area contributed by atoms with Gasteiger partial charge in [-0.1, -0.05) is 48.5 Å². The highest BCUT2D eigenvalue weighted by molar-refractivity contribution is 9.10. The molecule has 94 valence electrons. The fraction of sp³-hybridized carbons (Fsp3) is 0. The van der Waals surface area contributed by atoms with E-state index in [0.29, 0.717) is 4.47 Å². The lowest BCUT2D eigenvalue weighted by molar-refractivity contribution is 0.852. The number of halogens is 1. The summed E-state index contributed by atoms with van der Waals surface area (Å²) in [4.78, 5) is 12.2. The molecule has 0 unspecified atom stereocenters. The number of hydrogen-bond acceptors (Lipinski definition) is 1. The zero-order chi connectivity index (χ0) is 13.2. The second kappa shape index (κ2) is 4.90. The first-order chi connectivity index (χ1) is 9.27. The maximum Gasteiger partial charge on any atom is 0.286 e. The van der Waals surface area contributed by atoms with Crippen LogP contribution in [-0.4, -0.2) is 9.78 Å². The summed E-state index contributed by atoms with van der Waals surface area (Å²) < 4.78 is 2.08. The largest absolute Gasteiger partial charge is 0.289 e. The third-order valence-electron chi connectivity index (χ3n) is 2.91. The molecule has 0 aliphatic heterocycles. The Labute approximate surface area is 118 Å². The first-order valence-electron chi connectivity index (χ1n) is 5.89. The van der Waals surface area contributed by atoms with Gasteiger partial charge in [0.1, 0.15) is 4.47 Å². The fourth-order valence-electron chi connectivity index (χ4n) is 1.97. The van der Waals surface area contributed by atoms with Crippen molar-refractivity contribution >= 4 is 15.9 Å². The highest BCUT2D eigenvalue weighted by Gasteiger charge is 2.13. The minimum atomic E-state index is -0.0925. The lowest BCUT2D eigenvalue weighted by Crippen LogP contribution is -2.14. The molecular formula is C15H11BrN2O. The van der Waals surface area contributed by atoms with E-state index in [1.807, 2.05) is 60.7 Å². The van der Waals surface area contributed by atoms with Crippen LogP contribution in [-0.2, 0) is 0 Å². The van der Waals surface area contributed by atoms with Crippen molar-refractivity contribution in [2.45, 2.75) is 0 Å². The summed E-state index contributed by atoms with van der Waals surface area (Å²) in [6.07, 6.45) is 0. The molecule has 1 heterocycles. The molecule has 3 aromatic rings. The summed E-state index contributed by atoms with van der Waals surface area (Å²) in [5.41, 5.74) is 2.48.